The van der Waals surface area contributed by atoms with Crippen molar-refractivity contribution in [2.75, 3.05) is 7.11 Å². The van der Waals surface area contributed by atoms with Gasteiger partial charge in [0.15, 0.2) is 0 Å². The van der Waals surface area contributed by atoms with Gasteiger partial charge in [-0.25, -0.2) is 0 Å². The van der Waals surface area contributed by atoms with Gasteiger partial charge in [0.25, 0.3) is 0 Å². The van der Waals surface area contributed by atoms with Crippen molar-refractivity contribution in [1.29, 1.82) is 0 Å². The van der Waals surface area contributed by atoms with E-state index < -0.39 is 6.10 Å². The monoisotopic (exact) mass is 380 g/mol. The average Bonchev–Trinajstić information content (AvgIpc) is 2.89. The highest BCUT2D eigenvalue weighted by Gasteiger charge is 2.40. The van der Waals surface area contributed by atoms with Crippen molar-refractivity contribution in [3.05, 3.63) is 12.2 Å². The number of hydrogen-bond acceptors (Lipinski definition) is 5. The molecule has 4 atom stereocenters. The summed E-state index contributed by atoms with van der Waals surface area (Å²) in [5.74, 6) is -0.0109. The van der Waals surface area contributed by atoms with Gasteiger partial charge in [-0.2, -0.15) is 0 Å². The van der Waals surface area contributed by atoms with Gasteiger partial charge in [-0.3, -0.25) is 14.4 Å². The number of aliphatic hydroxyl groups is 1. The fourth-order valence-corrected chi connectivity index (χ4v) is 3.76. The molecule has 0 bridgehead atoms. The zero-order valence-electron chi connectivity index (χ0n) is 17.1. The van der Waals surface area contributed by atoms with Crippen LogP contribution < -0.4 is 0 Å². The molecule has 27 heavy (non-hydrogen) atoms. The van der Waals surface area contributed by atoms with E-state index in [-0.39, 0.29) is 41.7 Å². The van der Waals surface area contributed by atoms with Crippen LogP contribution in [0.25, 0.3) is 0 Å². The molecular formula is C22H36O5. The molecule has 0 saturated heterocycles. The molecule has 1 aliphatic rings. The van der Waals surface area contributed by atoms with Gasteiger partial charge in [-0.15, -0.1) is 0 Å². The van der Waals surface area contributed by atoms with Crippen LogP contribution in [0.1, 0.15) is 78.1 Å². The minimum atomic E-state index is -0.627. The molecule has 0 heterocycles. The lowest BCUT2D eigenvalue weighted by Crippen LogP contribution is -2.21. The molecule has 5 nitrogen and oxygen atoms in total. The number of esters is 1. The van der Waals surface area contributed by atoms with E-state index in [1.54, 1.807) is 0 Å². The molecule has 0 aliphatic heterocycles. The van der Waals surface area contributed by atoms with E-state index in [9.17, 15) is 19.5 Å². The van der Waals surface area contributed by atoms with E-state index in [0.29, 0.717) is 32.1 Å². The van der Waals surface area contributed by atoms with Crippen LogP contribution in [0, 0.1) is 17.8 Å². The number of methoxy groups -OCH3 is 1. The second-order valence-corrected chi connectivity index (χ2v) is 7.87. The summed E-state index contributed by atoms with van der Waals surface area (Å²) in [6.45, 7) is 4.10. The molecule has 0 aromatic rings. The van der Waals surface area contributed by atoms with Crippen LogP contribution >= 0.6 is 0 Å². The van der Waals surface area contributed by atoms with Crippen LogP contribution in [0.15, 0.2) is 12.2 Å². The van der Waals surface area contributed by atoms with E-state index in [2.05, 4.69) is 11.7 Å². The maximum atomic E-state index is 12.2. The predicted molar refractivity (Wildman–Crippen MR) is 105 cm³/mol. The van der Waals surface area contributed by atoms with Gasteiger partial charge in [-0.05, 0) is 37.5 Å². The van der Waals surface area contributed by atoms with Crippen molar-refractivity contribution >= 4 is 17.5 Å². The van der Waals surface area contributed by atoms with Crippen LogP contribution in [0.5, 0.6) is 0 Å². The molecule has 0 aromatic carbocycles. The number of ether oxygens (including phenoxy) is 1. The van der Waals surface area contributed by atoms with E-state index >= 15 is 0 Å². The largest absolute Gasteiger partial charge is 0.469 e. The molecule has 5 heteroatoms. The third-order valence-electron chi connectivity index (χ3n) is 5.49. The fraction of sp³-hybridized carbons (Fsp3) is 0.773. The molecular weight excluding hydrogens is 344 g/mol. The first-order valence-electron chi connectivity index (χ1n) is 10.3. The second-order valence-electron chi connectivity index (χ2n) is 7.87. The van der Waals surface area contributed by atoms with Gasteiger partial charge in [-0.1, -0.05) is 38.8 Å². The Bertz CT molecular complexity index is 511. The van der Waals surface area contributed by atoms with Crippen molar-refractivity contribution in [2.24, 2.45) is 17.8 Å². The number of ketones is 2. The summed E-state index contributed by atoms with van der Waals surface area (Å²) < 4.78 is 4.66. The number of unbranched alkanes of at least 4 members (excludes halogenated alkanes) is 2. The quantitative estimate of drug-likeness (QED) is 0.296. The molecule has 0 amide bonds. The van der Waals surface area contributed by atoms with Gasteiger partial charge in [0.1, 0.15) is 11.6 Å². The third-order valence-corrected chi connectivity index (χ3v) is 5.49. The lowest BCUT2D eigenvalue weighted by molar-refractivity contribution is -0.141. The predicted octanol–water partition coefficient (Wildman–Crippen LogP) is 4.02. The standard InChI is InChI=1S/C22H36O5/c1-4-5-6-10-17(23)12-13-19-18(20(24)15-21(19)25)11-8-7-9-16(2)14-22(26)27-3/h7-8,16,18-19,21,25H,4-6,9-15H2,1-3H3/b8-7+. The van der Waals surface area contributed by atoms with E-state index in [4.69, 9.17) is 0 Å². The summed E-state index contributed by atoms with van der Waals surface area (Å²) in [6.07, 6.45) is 10.0. The Morgan fingerprint density at radius 3 is 2.67 bits per heavy atom. The highest BCUT2D eigenvalue weighted by molar-refractivity contribution is 5.84. The molecule has 1 aliphatic carbocycles. The Kier molecular flexibility index (Phi) is 11.2. The Balaban J connectivity index is 2.44. The van der Waals surface area contributed by atoms with Crippen LogP contribution in [-0.4, -0.2) is 35.9 Å². The maximum absolute atomic E-state index is 12.2. The highest BCUT2D eigenvalue weighted by Crippen LogP contribution is 2.35. The van der Waals surface area contributed by atoms with E-state index in [1.165, 1.54) is 7.11 Å². The summed E-state index contributed by atoms with van der Waals surface area (Å²) >= 11 is 0. The van der Waals surface area contributed by atoms with Crippen LogP contribution in [0.3, 0.4) is 0 Å². The number of aliphatic hydroxyl groups excluding tert-OH is 1. The topological polar surface area (TPSA) is 80.7 Å². The minimum absolute atomic E-state index is 0.0955. The Labute approximate surface area is 163 Å². The summed E-state index contributed by atoms with van der Waals surface area (Å²) in [4.78, 5) is 35.5. The van der Waals surface area contributed by atoms with Crippen molar-refractivity contribution in [1.82, 2.24) is 0 Å². The smallest absolute Gasteiger partial charge is 0.305 e. The summed E-state index contributed by atoms with van der Waals surface area (Å²) in [5.41, 5.74) is 0. The van der Waals surface area contributed by atoms with Crippen LogP contribution in [0.4, 0.5) is 0 Å². The molecule has 1 rings (SSSR count). The van der Waals surface area contributed by atoms with Gasteiger partial charge in [0.2, 0.25) is 0 Å². The Morgan fingerprint density at radius 2 is 2.00 bits per heavy atom. The van der Waals surface area contributed by atoms with Crippen LogP contribution in [-0.2, 0) is 19.1 Å². The maximum Gasteiger partial charge on any atom is 0.305 e. The first kappa shape index (κ1) is 23.5. The first-order valence-corrected chi connectivity index (χ1v) is 10.3. The number of carbonyl (C=O) groups excluding carboxylic acids is 3. The lowest BCUT2D eigenvalue weighted by atomic mass is 9.86. The van der Waals surface area contributed by atoms with Crippen LogP contribution in [0.2, 0.25) is 0 Å². The van der Waals surface area contributed by atoms with Crippen molar-refractivity contribution in [2.45, 2.75) is 84.2 Å². The molecule has 0 radical (unpaired) electrons. The highest BCUT2D eigenvalue weighted by atomic mass is 16.5. The zero-order valence-corrected chi connectivity index (χ0v) is 17.1. The van der Waals surface area contributed by atoms with Gasteiger partial charge in [0, 0.05) is 31.6 Å². The zero-order chi connectivity index (χ0) is 20.2. The van der Waals surface area contributed by atoms with E-state index in [1.807, 2.05) is 19.1 Å². The number of carbonyl (C=O) groups is 3. The van der Waals surface area contributed by atoms with Crippen molar-refractivity contribution < 1.29 is 24.2 Å². The van der Waals surface area contributed by atoms with Gasteiger partial charge >= 0.3 is 5.97 Å². The molecule has 154 valence electrons. The number of hydrogen-bond donors (Lipinski definition) is 1. The van der Waals surface area contributed by atoms with Gasteiger partial charge in [0.05, 0.1) is 13.2 Å². The van der Waals surface area contributed by atoms with Gasteiger partial charge < -0.3 is 9.84 Å². The molecule has 0 aromatic heterocycles. The minimum Gasteiger partial charge on any atom is -0.469 e. The summed E-state index contributed by atoms with van der Waals surface area (Å²) in [6, 6.07) is 0. The Hall–Kier alpha value is -1.49. The molecule has 1 saturated carbocycles. The van der Waals surface area contributed by atoms with E-state index in [0.717, 1.165) is 25.7 Å². The molecule has 1 fully saturated rings. The third kappa shape index (κ3) is 8.83. The fourth-order valence-electron chi connectivity index (χ4n) is 3.76. The SMILES string of the molecule is CCCCCC(=O)CCC1C(O)CC(=O)C1C/C=C/CC(C)CC(=O)OC. The molecule has 1 N–H and O–H groups in total. The Morgan fingerprint density at radius 1 is 1.26 bits per heavy atom. The summed E-state index contributed by atoms with van der Waals surface area (Å²) in [5, 5.41) is 10.2. The molecule has 4 unspecified atom stereocenters. The average molecular weight is 381 g/mol. The van der Waals surface area contributed by atoms with Crippen molar-refractivity contribution in [3.8, 4) is 0 Å². The number of rotatable bonds is 13. The molecule has 0 spiro atoms. The number of allylic oxidation sites excluding steroid dienone is 2. The summed E-state index contributed by atoms with van der Waals surface area (Å²) in [7, 11) is 1.39. The lowest BCUT2D eigenvalue weighted by Gasteiger charge is -2.19. The normalized spacial score (nSPS) is 23.7. The first-order chi connectivity index (χ1) is 12.9. The second kappa shape index (κ2) is 12.8. The number of Topliss-reactive ketones (excluding diaryl/α,β-unsaturated/α-hetero) is 2. The van der Waals surface area contributed by atoms with Crippen molar-refractivity contribution in [3.63, 3.8) is 0 Å².